The Bertz CT molecular complexity index is 776. The van der Waals surface area contributed by atoms with Gasteiger partial charge in [0.1, 0.15) is 6.10 Å². The molecule has 22 heavy (non-hydrogen) atoms. The van der Waals surface area contributed by atoms with E-state index in [1.165, 1.54) is 14.2 Å². The van der Waals surface area contributed by atoms with Crippen molar-refractivity contribution in [2.24, 2.45) is 4.99 Å². The molecule has 4 nitrogen and oxygen atoms in total. The second-order valence-electron chi connectivity index (χ2n) is 5.40. The Morgan fingerprint density at radius 2 is 2.00 bits per heavy atom. The van der Waals surface area contributed by atoms with Crippen molar-refractivity contribution in [1.82, 2.24) is 0 Å². The van der Waals surface area contributed by atoms with E-state index in [0.29, 0.717) is 5.02 Å². The van der Waals surface area contributed by atoms with Gasteiger partial charge in [0.25, 0.3) is 0 Å². The number of fused-ring (bicyclic) bond motifs is 2. The van der Waals surface area contributed by atoms with E-state index in [2.05, 4.69) is 0 Å². The summed E-state index contributed by atoms with van der Waals surface area (Å²) in [5.74, 6) is -1.19. The molecule has 1 heterocycles. The first-order valence-electron chi connectivity index (χ1n) is 7.08. The third-order valence-corrected chi connectivity index (χ3v) is 4.44. The number of ether oxygens (including phenoxy) is 2. The average Bonchev–Trinajstić information content (AvgIpc) is 2.86. The van der Waals surface area contributed by atoms with Crippen LogP contribution in [0.3, 0.4) is 0 Å². The molecule has 3 rings (SSSR count). The van der Waals surface area contributed by atoms with Crippen LogP contribution in [0.1, 0.15) is 6.92 Å². The van der Waals surface area contributed by atoms with Crippen LogP contribution in [0, 0.1) is 0 Å². The van der Waals surface area contributed by atoms with Crippen molar-refractivity contribution in [3.05, 3.63) is 57.6 Å². The molecule has 2 atom stereocenters. The van der Waals surface area contributed by atoms with Crippen molar-refractivity contribution < 1.29 is 14.6 Å². The number of aliphatic hydroxyl groups is 1. The van der Waals surface area contributed by atoms with Crippen molar-refractivity contribution in [1.29, 1.82) is 0 Å². The first-order chi connectivity index (χ1) is 10.5. The number of rotatable bonds is 4. The topological polar surface area (TPSA) is 51.0 Å². The highest BCUT2D eigenvalue weighted by Gasteiger charge is 2.40. The predicted molar refractivity (Wildman–Crippen MR) is 85.1 cm³/mol. The largest absolute Gasteiger partial charge is 0.387 e. The molecule has 1 aliphatic heterocycles. The lowest BCUT2D eigenvalue weighted by atomic mass is 9.90. The van der Waals surface area contributed by atoms with Gasteiger partial charge in [0.2, 0.25) is 5.79 Å². The minimum Gasteiger partial charge on any atom is -0.387 e. The normalized spacial score (nSPS) is 21.0. The maximum atomic E-state index is 10.1. The molecule has 0 amide bonds. The molecule has 0 aromatic heterocycles. The first-order valence-corrected chi connectivity index (χ1v) is 7.46. The maximum Gasteiger partial charge on any atom is 0.220 e. The molecule has 1 aromatic carbocycles. The second-order valence-corrected chi connectivity index (χ2v) is 5.83. The van der Waals surface area contributed by atoms with E-state index in [1.807, 2.05) is 36.4 Å². The molecule has 1 N–H and O–H groups in total. The van der Waals surface area contributed by atoms with E-state index < -0.39 is 11.9 Å². The van der Waals surface area contributed by atoms with Crippen LogP contribution in [0.15, 0.2) is 47.0 Å². The summed E-state index contributed by atoms with van der Waals surface area (Å²) >= 11 is 6.07. The van der Waals surface area contributed by atoms with Crippen LogP contribution in [0.4, 0.5) is 0 Å². The fourth-order valence-electron chi connectivity index (χ4n) is 3.09. The Kier molecular flexibility index (Phi) is 3.95. The van der Waals surface area contributed by atoms with Gasteiger partial charge in [-0.25, -0.2) is 0 Å². The standard InChI is InChI=1S/C17H18ClNO3/c1-10(20)17(21-2,22-3)11-4-6-13-14-9-12(18)5-7-15(14)19-16(13)8-11/h4-10,16,20H,1-3H3/t10-,16-/m0/s1. The van der Waals surface area contributed by atoms with Crippen molar-refractivity contribution in [2.75, 3.05) is 14.2 Å². The van der Waals surface area contributed by atoms with Crippen LogP contribution < -0.4 is 10.6 Å². The molecule has 5 heteroatoms. The molecule has 1 aliphatic carbocycles. The molecule has 0 fully saturated rings. The zero-order chi connectivity index (χ0) is 15.9. The number of benzene rings is 1. The first kappa shape index (κ1) is 15.4. The summed E-state index contributed by atoms with van der Waals surface area (Å²) in [6.07, 6.45) is 5.03. The minimum atomic E-state index is -1.19. The smallest absolute Gasteiger partial charge is 0.220 e. The van der Waals surface area contributed by atoms with Gasteiger partial charge in [-0.3, -0.25) is 4.99 Å². The van der Waals surface area contributed by atoms with Gasteiger partial charge in [-0.2, -0.15) is 0 Å². The highest BCUT2D eigenvalue weighted by atomic mass is 35.5. The van der Waals surface area contributed by atoms with Crippen LogP contribution in [-0.4, -0.2) is 37.3 Å². The van der Waals surface area contributed by atoms with Crippen LogP contribution in [0.25, 0.3) is 5.57 Å². The Hall–Kier alpha value is -1.46. The van der Waals surface area contributed by atoms with Gasteiger partial charge >= 0.3 is 0 Å². The molecule has 0 radical (unpaired) electrons. The van der Waals surface area contributed by atoms with E-state index in [4.69, 9.17) is 26.1 Å². The van der Waals surface area contributed by atoms with Crippen molar-refractivity contribution >= 4 is 17.2 Å². The summed E-state index contributed by atoms with van der Waals surface area (Å²) in [7, 11) is 3.04. The summed E-state index contributed by atoms with van der Waals surface area (Å²) in [6, 6.07) is 5.56. The van der Waals surface area contributed by atoms with Gasteiger partial charge in [-0.1, -0.05) is 23.8 Å². The lowest BCUT2D eigenvalue weighted by Crippen LogP contribution is -2.46. The van der Waals surface area contributed by atoms with E-state index in [-0.39, 0.29) is 6.04 Å². The van der Waals surface area contributed by atoms with Crippen LogP contribution >= 0.6 is 11.6 Å². The molecule has 0 bridgehead atoms. The third kappa shape index (κ3) is 2.23. The third-order valence-electron chi connectivity index (χ3n) is 4.21. The second kappa shape index (κ2) is 5.63. The number of hydrogen-bond donors (Lipinski definition) is 1. The van der Waals surface area contributed by atoms with Gasteiger partial charge in [0.05, 0.1) is 11.4 Å². The summed E-state index contributed by atoms with van der Waals surface area (Å²) in [4.78, 5) is 4.69. The summed E-state index contributed by atoms with van der Waals surface area (Å²) in [5, 5.41) is 12.7. The monoisotopic (exact) mass is 319 g/mol. The molecular weight excluding hydrogens is 302 g/mol. The number of aliphatic hydroxyl groups excluding tert-OH is 1. The molecule has 116 valence electrons. The van der Waals surface area contributed by atoms with Crippen LogP contribution in [0.5, 0.6) is 0 Å². The summed E-state index contributed by atoms with van der Waals surface area (Å²) in [6.45, 7) is 1.64. The fraction of sp³-hybridized carbons (Fsp3) is 0.353. The highest BCUT2D eigenvalue weighted by molar-refractivity contribution is 6.30. The molecule has 2 aliphatic rings. The van der Waals surface area contributed by atoms with Gasteiger partial charge in [0.15, 0.2) is 0 Å². The number of halogens is 1. The Balaban J connectivity index is 2.10. The van der Waals surface area contributed by atoms with Crippen LogP contribution in [-0.2, 0) is 9.47 Å². The lowest BCUT2D eigenvalue weighted by Gasteiger charge is -2.36. The molecular formula is C17H18ClNO3. The van der Waals surface area contributed by atoms with E-state index in [1.54, 1.807) is 6.92 Å². The Labute approximate surface area is 134 Å². The van der Waals surface area contributed by atoms with Gasteiger partial charge in [0, 0.05) is 30.0 Å². The predicted octanol–water partition coefficient (Wildman–Crippen LogP) is 1.36. The van der Waals surface area contributed by atoms with E-state index in [9.17, 15) is 5.11 Å². The van der Waals surface area contributed by atoms with Crippen molar-refractivity contribution in [2.45, 2.75) is 24.9 Å². The Morgan fingerprint density at radius 1 is 1.27 bits per heavy atom. The zero-order valence-corrected chi connectivity index (χ0v) is 13.5. The fourth-order valence-corrected chi connectivity index (χ4v) is 3.26. The van der Waals surface area contributed by atoms with E-state index >= 15 is 0 Å². The molecule has 0 spiro atoms. The van der Waals surface area contributed by atoms with Crippen LogP contribution in [0.2, 0.25) is 5.02 Å². The molecule has 0 saturated heterocycles. The molecule has 1 aromatic rings. The van der Waals surface area contributed by atoms with Gasteiger partial charge < -0.3 is 14.6 Å². The quantitative estimate of drug-likeness (QED) is 0.853. The molecule has 0 unspecified atom stereocenters. The summed E-state index contributed by atoms with van der Waals surface area (Å²) < 4.78 is 10.9. The zero-order valence-electron chi connectivity index (χ0n) is 12.7. The summed E-state index contributed by atoms with van der Waals surface area (Å²) in [5.41, 5.74) is 1.84. The van der Waals surface area contributed by atoms with Crippen molar-refractivity contribution in [3.63, 3.8) is 0 Å². The number of hydrogen-bond acceptors (Lipinski definition) is 4. The van der Waals surface area contributed by atoms with Crippen molar-refractivity contribution in [3.8, 4) is 0 Å². The van der Waals surface area contributed by atoms with E-state index in [0.717, 1.165) is 21.7 Å². The minimum absolute atomic E-state index is 0.114. The highest BCUT2D eigenvalue weighted by Crippen LogP contribution is 2.33. The van der Waals surface area contributed by atoms with Gasteiger partial charge in [-0.15, -0.1) is 0 Å². The average molecular weight is 320 g/mol. The Morgan fingerprint density at radius 3 is 2.64 bits per heavy atom. The lowest BCUT2D eigenvalue weighted by molar-refractivity contribution is -0.227. The molecule has 0 saturated carbocycles. The SMILES string of the molecule is COC(OC)(C1=C[C@@H]2N=c3ccc(Cl)cc3=C2C=C1)[C@H](C)O. The van der Waals surface area contributed by atoms with Gasteiger partial charge in [-0.05, 0) is 36.8 Å². The maximum absolute atomic E-state index is 10.1. The number of methoxy groups -OCH3 is 2. The number of nitrogens with zero attached hydrogens (tertiary/aromatic N) is 1.